The highest BCUT2D eigenvalue weighted by Gasteiger charge is 2.32. The fourth-order valence-electron chi connectivity index (χ4n) is 4.73. The Morgan fingerprint density at radius 1 is 0.919 bits per heavy atom. The molecule has 3 aromatic carbocycles. The molecule has 1 saturated carbocycles. The van der Waals surface area contributed by atoms with Crippen molar-refractivity contribution in [2.45, 2.75) is 63.4 Å². The molecule has 6 heteroatoms. The van der Waals surface area contributed by atoms with Crippen LogP contribution in [0.4, 0.5) is 0 Å². The van der Waals surface area contributed by atoms with E-state index >= 15 is 0 Å². The smallest absolute Gasteiger partial charge is 0.243 e. The molecule has 0 aliphatic heterocycles. The molecule has 1 N–H and O–H groups in total. The van der Waals surface area contributed by atoms with Crippen molar-refractivity contribution in [3.63, 3.8) is 0 Å². The molecule has 1 atom stereocenters. The van der Waals surface area contributed by atoms with E-state index in [1.807, 2.05) is 73.7 Å². The van der Waals surface area contributed by atoms with Crippen LogP contribution in [0.2, 0.25) is 5.02 Å². The molecule has 37 heavy (non-hydrogen) atoms. The summed E-state index contributed by atoms with van der Waals surface area (Å²) in [5.74, 6) is 0.927. The van der Waals surface area contributed by atoms with Gasteiger partial charge in [0.15, 0.2) is 0 Å². The maximum absolute atomic E-state index is 13.7. The lowest BCUT2D eigenvalue weighted by Gasteiger charge is -2.32. The van der Waals surface area contributed by atoms with Gasteiger partial charge in [-0.3, -0.25) is 9.59 Å². The van der Waals surface area contributed by atoms with Crippen LogP contribution in [0.25, 0.3) is 0 Å². The number of rotatable bonds is 11. The number of benzene rings is 3. The summed E-state index contributed by atoms with van der Waals surface area (Å²) in [6.45, 7) is 2.45. The van der Waals surface area contributed by atoms with Crippen molar-refractivity contribution in [1.29, 1.82) is 0 Å². The molecule has 0 heterocycles. The van der Waals surface area contributed by atoms with Crippen LogP contribution in [0, 0.1) is 6.92 Å². The van der Waals surface area contributed by atoms with E-state index in [1.165, 1.54) is 5.56 Å². The van der Waals surface area contributed by atoms with Crippen molar-refractivity contribution in [3.8, 4) is 0 Å². The third kappa shape index (κ3) is 8.37. The molecule has 0 saturated heterocycles. The number of hydrogen-bond acceptors (Lipinski definition) is 3. The van der Waals surface area contributed by atoms with E-state index in [4.69, 9.17) is 11.6 Å². The number of nitrogens with zero attached hydrogens (tertiary/aromatic N) is 1. The molecular weight excluding hydrogens is 500 g/mol. The number of carbonyl (C=O) groups is 2. The molecule has 1 aliphatic rings. The van der Waals surface area contributed by atoms with Gasteiger partial charge < -0.3 is 10.2 Å². The van der Waals surface area contributed by atoms with Crippen LogP contribution >= 0.6 is 23.4 Å². The van der Waals surface area contributed by atoms with E-state index in [0.29, 0.717) is 29.5 Å². The van der Waals surface area contributed by atoms with Gasteiger partial charge >= 0.3 is 0 Å². The Kier molecular flexibility index (Phi) is 10.1. The minimum absolute atomic E-state index is 0.0259. The van der Waals surface area contributed by atoms with Gasteiger partial charge in [0.05, 0.1) is 5.75 Å². The molecule has 3 aromatic rings. The van der Waals surface area contributed by atoms with E-state index in [1.54, 1.807) is 16.7 Å². The first-order valence-corrected chi connectivity index (χ1v) is 14.5. The topological polar surface area (TPSA) is 49.4 Å². The predicted octanol–water partition coefficient (Wildman–Crippen LogP) is 6.58. The maximum atomic E-state index is 13.7. The summed E-state index contributed by atoms with van der Waals surface area (Å²) in [4.78, 5) is 29.2. The number of halogens is 1. The van der Waals surface area contributed by atoms with Crippen LogP contribution in [0.1, 0.15) is 47.9 Å². The summed E-state index contributed by atoms with van der Waals surface area (Å²) in [5.41, 5.74) is 4.35. The van der Waals surface area contributed by atoms with Crippen LogP contribution in [0.5, 0.6) is 0 Å². The van der Waals surface area contributed by atoms with Gasteiger partial charge in [0.25, 0.3) is 0 Å². The molecule has 0 spiro atoms. The van der Waals surface area contributed by atoms with Gasteiger partial charge in [-0.25, -0.2) is 0 Å². The zero-order valence-corrected chi connectivity index (χ0v) is 22.9. The van der Waals surface area contributed by atoms with Crippen molar-refractivity contribution in [1.82, 2.24) is 10.2 Å². The summed E-state index contributed by atoms with van der Waals surface area (Å²) in [5, 5.41) is 3.96. The third-order valence-corrected chi connectivity index (χ3v) is 8.09. The number of aryl methyl sites for hydroxylation is 1. The Bertz CT molecular complexity index is 1150. The molecule has 4 nitrogen and oxygen atoms in total. The first-order chi connectivity index (χ1) is 18.0. The van der Waals surface area contributed by atoms with Crippen LogP contribution in [-0.4, -0.2) is 34.6 Å². The van der Waals surface area contributed by atoms with Gasteiger partial charge in [0.2, 0.25) is 11.8 Å². The normalized spacial score (nSPS) is 14.3. The molecule has 4 rings (SSSR count). The molecule has 0 bridgehead atoms. The van der Waals surface area contributed by atoms with Gasteiger partial charge in [0.1, 0.15) is 6.04 Å². The number of nitrogens with one attached hydrogen (secondary N) is 1. The van der Waals surface area contributed by atoms with Crippen LogP contribution in [-0.2, 0) is 28.3 Å². The summed E-state index contributed by atoms with van der Waals surface area (Å²) < 4.78 is 0. The Morgan fingerprint density at radius 3 is 2.24 bits per heavy atom. The van der Waals surface area contributed by atoms with E-state index in [0.717, 1.165) is 42.4 Å². The number of amides is 2. The average Bonchev–Trinajstić information content (AvgIpc) is 3.42. The standard InChI is InChI=1S/C31H35ClN2O2S/c1-23-11-13-25(14-12-23)20-34(30(35)22-37-21-26-15-17-27(32)18-16-26)29(19-24-7-3-2-4-8-24)31(36)33-28-9-5-6-10-28/h2-4,7-8,11-18,28-29H,5-6,9-10,19-22H2,1H3,(H,33,36). The molecule has 1 fully saturated rings. The fourth-order valence-corrected chi connectivity index (χ4v) is 5.73. The lowest BCUT2D eigenvalue weighted by Crippen LogP contribution is -2.52. The lowest BCUT2D eigenvalue weighted by atomic mass is 10.0. The molecular formula is C31H35ClN2O2S. The molecule has 0 radical (unpaired) electrons. The molecule has 1 unspecified atom stereocenters. The summed E-state index contributed by atoms with van der Waals surface area (Å²) in [6.07, 6.45) is 4.78. The Morgan fingerprint density at radius 2 is 1.57 bits per heavy atom. The zero-order chi connectivity index (χ0) is 26.0. The monoisotopic (exact) mass is 534 g/mol. The third-order valence-electron chi connectivity index (χ3n) is 6.85. The number of hydrogen-bond donors (Lipinski definition) is 1. The highest BCUT2D eigenvalue weighted by atomic mass is 35.5. The summed E-state index contributed by atoms with van der Waals surface area (Å²) >= 11 is 7.57. The van der Waals surface area contributed by atoms with Crippen molar-refractivity contribution in [3.05, 3.63) is 106 Å². The first-order valence-electron chi connectivity index (χ1n) is 13.0. The minimum Gasteiger partial charge on any atom is -0.352 e. The van der Waals surface area contributed by atoms with E-state index in [9.17, 15) is 9.59 Å². The largest absolute Gasteiger partial charge is 0.352 e. The van der Waals surface area contributed by atoms with Crippen molar-refractivity contribution < 1.29 is 9.59 Å². The first kappa shape index (κ1) is 27.3. The zero-order valence-electron chi connectivity index (χ0n) is 21.4. The lowest BCUT2D eigenvalue weighted by molar-refractivity contribution is -0.139. The van der Waals surface area contributed by atoms with Crippen LogP contribution in [0.15, 0.2) is 78.9 Å². The van der Waals surface area contributed by atoms with Gasteiger partial charge in [-0.2, -0.15) is 0 Å². The number of thioether (sulfide) groups is 1. The number of carbonyl (C=O) groups excluding carboxylic acids is 2. The Balaban J connectivity index is 1.55. The summed E-state index contributed by atoms with van der Waals surface area (Å²) in [7, 11) is 0. The molecule has 2 amide bonds. The Hall–Kier alpha value is -2.76. The van der Waals surface area contributed by atoms with E-state index in [2.05, 4.69) is 17.4 Å². The quantitative estimate of drug-likeness (QED) is 0.302. The van der Waals surface area contributed by atoms with Crippen LogP contribution in [0.3, 0.4) is 0 Å². The second-order valence-electron chi connectivity index (χ2n) is 9.82. The van der Waals surface area contributed by atoms with Crippen molar-refractivity contribution in [2.75, 3.05) is 5.75 Å². The van der Waals surface area contributed by atoms with Gasteiger partial charge in [0, 0.05) is 29.8 Å². The van der Waals surface area contributed by atoms with Gasteiger partial charge in [-0.1, -0.05) is 96.7 Å². The second kappa shape index (κ2) is 13.7. The van der Waals surface area contributed by atoms with Gasteiger partial charge in [-0.05, 0) is 48.6 Å². The highest BCUT2D eigenvalue weighted by Crippen LogP contribution is 2.22. The molecule has 1 aliphatic carbocycles. The minimum atomic E-state index is -0.576. The van der Waals surface area contributed by atoms with Crippen molar-refractivity contribution in [2.24, 2.45) is 0 Å². The second-order valence-corrected chi connectivity index (χ2v) is 11.2. The van der Waals surface area contributed by atoms with Gasteiger partial charge in [-0.15, -0.1) is 11.8 Å². The molecule has 0 aromatic heterocycles. The predicted molar refractivity (Wildman–Crippen MR) is 154 cm³/mol. The Labute approximate surface area is 229 Å². The van der Waals surface area contributed by atoms with Crippen LogP contribution < -0.4 is 5.32 Å². The average molecular weight is 535 g/mol. The maximum Gasteiger partial charge on any atom is 0.243 e. The highest BCUT2D eigenvalue weighted by molar-refractivity contribution is 7.99. The fraction of sp³-hybridized carbons (Fsp3) is 0.355. The summed E-state index contributed by atoms with van der Waals surface area (Å²) in [6, 6.07) is 25.5. The SMILES string of the molecule is Cc1ccc(CN(C(=O)CSCc2ccc(Cl)cc2)C(Cc2ccccc2)C(=O)NC2CCCC2)cc1. The van der Waals surface area contributed by atoms with Crippen molar-refractivity contribution >= 4 is 35.2 Å². The molecule has 194 valence electrons. The van der Waals surface area contributed by atoms with E-state index in [-0.39, 0.29) is 17.9 Å². The van der Waals surface area contributed by atoms with E-state index < -0.39 is 6.04 Å².